The fraction of sp³-hybridized carbons (Fsp3) is 0.650. The van der Waals surface area contributed by atoms with Crippen molar-refractivity contribution in [3.8, 4) is 0 Å². The second-order valence-electron chi connectivity index (χ2n) is 7.28. The SMILES string of the molecule is Cl.Cl.O=C(CC1CCCN1)NCc1cccc(CN2CCCCCC2)c1. The van der Waals surface area contributed by atoms with E-state index in [0.29, 0.717) is 19.0 Å². The standard InChI is InChI=1S/C20H31N3O.2ClH/c24-20(14-19-9-6-10-21-19)22-15-17-7-5-8-18(13-17)16-23-11-3-1-2-4-12-23;;/h5,7-8,13,19,21H,1-4,6,9-12,14-16H2,(H,22,24);2*1H. The molecule has 1 aromatic rings. The van der Waals surface area contributed by atoms with Crippen molar-refractivity contribution >= 4 is 30.7 Å². The predicted molar refractivity (Wildman–Crippen MR) is 112 cm³/mol. The lowest BCUT2D eigenvalue weighted by Crippen LogP contribution is -2.31. The fourth-order valence-electron chi connectivity index (χ4n) is 3.82. The highest BCUT2D eigenvalue weighted by Crippen LogP contribution is 2.14. The van der Waals surface area contributed by atoms with Gasteiger partial charge in [-0.25, -0.2) is 0 Å². The maximum Gasteiger partial charge on any atom is 0.221 e. The Balaban J connectivity index is 0.00000169. The molecule has 1 aromatic carbocycles. The monoisotopic (exact) mass is 401 g/mol. The zero-order valence-electron chi connectivity index (χ0n) is 15.5. The molecule has 0 aromatic heterocycles. The van der Waals surface area contributed by atoms with Gasteiger partial charge >= 0.3 is 0 Å². The smallest absolute Gasteiger partial charge is 0.221 e. The molecule has 6 heteroatoms. The molecule has 0 radical (unpaired) electrons. The van der Waals surface area contributed by atoms with Crippen molar-refractivity contribution in [2.45, 2.75) is 64.1 Å². The number of carbonyl (C=O) groups is 1. The number of hydrogen-bond acceptors (Lipinski definition) is 3. The van der Waals surface area contributed by atoms with E-state index >= 15 is 0 Å². The Kier molecular flexibility index (Phi) is 11.2. The van der Waals surface area contributed by atoms with Crippen molar-refractivity contribution in [1.82, 2.24) is 15.5 Å². The summed E-state index contributed by atoms with van der Waals surface area (Å²) in [4.78, 5) is 14.6. The maximum absolute atomic E-state index is 12.1. The van der Waals surface area contributed by atoms with Crippen LogP contribution < -0.4 is 10.6 Å². The number of hydrogen-bond donors (Lipinski definition) is 2. The molecule has 0 saturated carbocycles. The maximum atomic E-state index is 12.1. The Bertz CT molecular complexity index is 528. The summed E-state index contributed by atoms with van der Waals surface area (Å²) in [6, 6.07) is 9.06. The zero-order valence-corrected chi connectivity index (χ0v) is 17.2. The molecule has 2 N–H and O–H groups in total. The molecule has 1 amide bonds. The van der Waals surface area contributed by atoms with E-state index in [1.807, 2.05) is 0 Å². The predicted octanol–water partition coefficient (Wildman–Crippen LogP) is 3.66. The van der Waals surface area contributed by atoms with E-state index in [0.717, 1.165) is 19.5 Å². The lowest BCUT2D eigenvalue weighted by molar-refractivity contribution is -0.121. The molecule has 2 aliphatic rings. The Hall–Kier alpha value is -0.810. The van der Waals surface area contributed by atoms with Gasteiger partial charge in [0.1, 0.15) is 0 Å². The summed E-state index contributed by atoms with van der Waals surface area (Å²) < 4.78 is 0. The van der Waals surface area contributed by atoms with Crippen LogP contribution in [0.25, 0.3) is 0 Å². The lowest BCUT2D eigenvalue weighted by atomic mass is 10.1. The number of nitrogens with one attached hydrogen (secondary N) is 2. The quantitative estimate of drug-likeness (QED) is 0.763. The molecule has 2 aliphatic heterocycles. The summed E-state index contributed by atoms with van der Waals surface area (Å²) in [6.07, 6.45) is 8.31. The second-order valence-corrected chi connectivity index (χ2v) is 7.28. The van der Waals surface area contributed by atoms with Gasteiger partial charge in [0, 0.05) is 25.6 Å². The molecule has 2 fully saturated rings. The summed E-state index contributed by atoms with van der Waals surface area (Å²) in [6.45, 7) is 5.16. The van der Waals surface area contributed by atoms with Gasteiger partial charge in [-0.05, 0) is 56.4 Å². The molecule has 2 heterocycles. The van der Waals surface area contributed by atoms with Crippen molar-refractivity contribution < 1.29 is 4.79 Å². The molecule has 2 saturated heterocycles. The molecule has 0 aliphatic carbocycles. The third-order valence-electron chi connectivity index (χ3n) is 5.18. The van der Waals surface area contributed by atoms with Crippen LogP contribution in [0.15, 0.2) is 24.3 Å². The number of likely N-dealkylation sites (tertiary alicyclic amines) is 1. The van der Waals surface area contributed by atoms with Crippen molar-refractivity contribution in [2.24, 2.45) is 0 Å². The zero-order chi connectivity index (χ0) is 16.6. The minimum atomic E-state index is 0. The highest BCUT2D eigenvalue weighted by molar-refractivity contribution is 5.85. The van der Waals surface area contributed by atoms with Crippen molar-refractivity contribution in [3.63, 3.8) is 0 Å². The second kappa shape index (κ2) is 12.6. The highest BCUT2D eigenvalue weighted by atomic mass is 35.5. The summed E-state index contributed by atoms with van der Waals surface area (Å²) in [7, 11) is 0. The van der Waals surface area contributed by atoms with Gasteiger partial charge in [-0.2, -0.15) is 0 Å². The van der Waals surface area contributed by atoms with E-state index in [1.54, 1.807) is 0 Å². The van der Waals surface area contributed by atoms with Gasteiger partial charge in [-0.15, -0.1) is 24.8 Å². The first-order chi connectivity index (χ1) is 11.8. The number of amides is 1. The molecule has 4 nitrogen and oxygen atoms in total. The lowest BCUT2D eigenvalue weighted by Gasteiger charge is -2.20. The Labute approximate surface area is 170 Å². The van der Waals surface area contributed by atoms with E-state index in [9.17, 15) is 4.79 Å². The minimum absolute atomic E-state index is 0. The average molecular weight is 402 g/mol. The van der Waals surface area contributed by atoms with Crippen LogP contribution in [0.4, 0.5) is 0 Å². The third kappa shape index (κ3) is 7.83. The average Bonchev–Trinajstić information content (AvgIpc) is 2.96. The molecule has 0 bridgehead atoms. The van der Waals surface area contributed by atoms with Crippen molar-refractivity contribution in [1.29, 1.82) is 0 Å². The molecule has 148 valence electrons. The normalized spacial score (nSPS) is 20.5. The number of nitrogens with zero attached hydrogens (tertiary/aromatic N) is 1. The first-order valence-corrected chi connectivity index (χ1v) is 9.60. The molecule has 26 heavy (non-hydrogen) atoms. The van der Waals surface area contributed by atoms with E-state index in [1.165, 1.54) is 56.3 Å². The van der Waals surface area contributed by atoms with Crippen LogP contribution >= 0.6 is 24.8 Å². The summed E-state index contributed by atoms with van der Waals surface area (Å²) in [5, 5.41) is 6.45. The van der Waals surface area contributed by atoms with E-state index in [2.05, 4.69) is 39.8 Å². The van der Waals surface area contributed by atoms with Crippen LogP contribution in [0.1, 0.15) is 56.1 Å². The van der Waals surface area contributed by atoms with Crippen LogP contribution in [0, 0.1) is 0 Å². The Morgan fingerprint density at radius 2 is 1.81 bits per heavy atom. The van der Waals surface area contributed by atoms with Gasteiger partial charge in [0.15, 0.2) is 0 Å². The third-order valence-corrected chi connectivity index (χ3v) is 5.18. The fourth-order valence-corrected chi connectivity index (χ4v) is 3.82. The molecule has 0 spiro atoms. The summed E-state index contributed by atoms with van der Waals surface area (Å²) >= 11 is 0. The first kappa shape index (κ1) is 23.2. The van der Waals surface area contributed by atoms with Gasteiger partial charge in [-0.3, -0.25) is 9.69 Å². The molecule has 1 atom stereocenters. The van der Waals surface area contributed by atoms with Crippen LogP contribution in [-0.4, -0.2) is 36.5 Å². The number of carbonyl (C=O) groups excluding carboxylic acids is 1. The highest BCUT2D eigenvalue weighted by Gasteiger charge is 2.17. The van der Waals surface area contributed by atoms with E-state index < -0.39 is 0 Å². The molecule has 1 unspecified atom stereocenters. The molecule has 3 rings (SSSR count). The van der Waals surface area contributed by atoms with Gasteiger partial charge < -0.3 is 10.6 Å². The number of halogens is 2. The summed E-state index contributed by atoms with van der Waals surface area (Å²) in [5.41, 5.74) is 2.57. The van der Waals surface area contributed by atoms with Gasteiger partial charge in [0.2, 0.25) is 5.91 Å². The topological polar surface area (TPSA) is 44.4 Å². The number of benzene rings is 1. The Morgan fingerprint density at radius 1 is 1.08 bits per heavy atom. The number of rotatable bonds is 6. The van der Waals surface area contributed by atoms with Crippen LogP contribution in [0.2, 0.25) is 0 Å². The molecular formula is C20H33Cl2N3O. The van der Waals surface area contributed by atoms with E-state index in [4.69, 9.17) is 0 Å². The van der Waals surface area contributed by atoms with Gasteiger partial charge in [-0.1, -0.05) is 37.1 Å². The first-order valence-electron chi connectivity index (χ1n) is 9.60. The van der Waals surface area contributed by atoms with E-state index in [-0.39, 0.29) is 30.7 Å². The Morgan fingerprint density at radius 3 is 2.50 bits per heavy atom. The van der Waals surface area contributed by atoms with Crippen LogP contribution in [0.3, 0.4) is 0 Å². The largest absolute Gasteiger partial charge is 0.352 e. The van der Waals surface area contributed by atoms with Crippen molar-refractivity contribution in [2.75, 3.05) is 19.6 Å². The van der Waals surface area contributed by atoms with Crippen LogP contribution in [0.5, 0.6) is 0 Å². The minimum Gasteiger partial charge on any atom is -0.352 e. The summed E-state index contributed by atoms with van der Waals surface area (Å²) in [5.74, 6) is 0.160. The van der Waals surface area contributed by atoms with Crippen LogP contribution in [-0.2, 0) is 17.9 Å². The van der Waals surface area contributed by atoms with Crippen molar-refractivity contribution in [3.05, 3.63) is 35.4 Å². The molecular weight excluding hydrogens is 369 g/mol. The van der Waals surface area contributed by atoms with Gasteiger partial charge in [0.05, 0.1) is 0 Å². The van der Waals surface area contributed by atoms with Gasteiger partial charge in [0.25, 0.3) is 0 Å².